The van der Waals surface area contributed by atoms with E-state index in [2.05, 4.69) is 41.6 Å². The van der Waals surface area contributed by atoms with Crippen LogP contribution in [0.5, 0.6) is 0 Å². The number of rotatable bonds is 1. The summed E-state index contributed by atoms with van der Waals surface area (Å²) < 4.78 is 5.93. The van der Waals surface area contributed by atoms with Gasteiger partial charge in [0.05, 0.1) is 11.6 Å². The van der Waals surface area contributed by atoms with Crippen molar-refractivity contribution < 1.29 is 9.53 Å². The van der Waals surface area contributed by atoms with E-state index in [1.165, 1.54) is 13.3 Å². The highest BCUT2D eigenvalue weighted by Crippen LogP contribution is 2.19. The zero-order valence-electron chi connectivity index (χ0n) is 6.17. The van der Waals surface area contributed by atoms with Crippen LogP contribution in [0.3, 0.4) is 0 Å². The van der Waals surface area contributed by atoms with Crippen LogP contribution < -0.4 is 0 Å². The van der Waals surface area contributed by atoms with Crippen LogP contribution in [0.1, 0.15) is 10.5 Å². The van der Waals surface area contributed by atoms with Crippen LogP contribution in [0.2, 0.25) is 0 Å². The van der Waals surface area contributed by atoms with Gasteiger partial charge in [-0.05, 0) is 37.9 Å². The summed E-state index contributed by atoms with van der Waals surface area (Å²) in [7, 11) is 1.32. The first-order valence-electron chi connectivity index (χ1n) is 3.04. The van der Waals surface area contributed by atoms with Crippen molar-refractivity contribution in [2.75, 3.05) is 7.11 Å². The standard InChI is InChI=1S/C7H5Br2NO2/c1-12-7(11)6-5(9)2-4(8)3-10-6/h2-3H,1H3. The van der Waals surface area contributed by atoms with E-state index >= 15 is 0 Å². The lowest BCUT2D eigenvalue weighted by atomic mass is 10.3. The number of ether oxygens (including phenoxy) is 1. The summed E-state index contributed by atoms with van der Waals surface area (Å²) in [6.07, 6.45) is 1.54. The van der Waals surface area contributed by atoms with Gasteiger partial charge in [0.2, 0.25) is 0 Å². The van der Waals surface area contributed by atoms with E-state index in [1.54, 1.807) is 6.07 Å². The van der Waals surface area contributed by atoms with Gasteiger partial charge in [0, 0.05) is 10.7 Å². The SMILES string of the molecule is COC(=O)c1ncc(Br)cc1Br. The molecule has 0 bridgehead atoms. The fraction of sp³-hybridized carbons (Fsp3) is 0.143. The Balaban J connectivity index is 3.09. The first kappa shape index (κ1) is 9.67. The van der Waals surface area contributed by atoms with Crippen LogP contribution in [0.25, 0.3) is 0 Å². The summed E-state index contributed by atoms with van der Waals surface area (Å²) in [5, 5.41) is 0. The molecule has 5 heteroatoms. The third-order valence-electron chi connectivity index (χ3n) is 1.19. The minimum atomic E-state index is -0.450. The van der Waals surface area contributed by atoms with Crippen molar-refractivity contribution in [2.24, 2.45) is 0 Å². The molecule has 1 rings (SSSR count). The normalized spacial score (nSPS) is 9.58. The van der Waals surface area contributed by atoms with E-state index in [0.717, 1.165) is 4.47 Å². The van der Waals surface area contributed by atoms with Crippen LogP contribution in [0, 0.1) is 0 Å². The summed E-state index contributed by atoms with van der Waals surface area (Å²) in [4.78, 5) is 14.9. The maximum atomic E-state index is 11.0. The number of carbonyl (C=O) groups excluding carboxylic acids is 1. The van der Waals surface area contributed by atoms with E-state index in [-0.39, 0.29) is 5.69 Å². The Morgan fingerprint density at radius 3 is 2.75 bits per heavy atom. The van der Waals surface area contributed by atoms with E-state index < -0.39 is 5.97 Å². The number of halogens is 2. The van der Waals surface area contributed by atoms with Crippen molar-refractivity contribution in [3.8, 4) is 0 Å². The number of hydrogen-bond donors (Lipinski definition) is 0. The Morgan fingerprint density at radius 1 is 1.58 bits per heavy atom. The van der Waals surface area contributed by atoms with Crippen molar-refractivity contribution in [1.82, 2.24) is 4.98 Å². The van der Waals surface area contributed by atoms with Gasteiger partial charge in [-0.3, -0.25) is 0 Å². The number of methoxy groups -OCH3 is 1. The highest BCUT2D eigenvalue weighted by Gasteiger charge is 2.11. The summed E-state index contributed by atoms with van der Waals surface area (Å²) in [6, 6.07) is 1.74. The molecule has 12 heavy (non-hydrogen) atoms. The van der Waals surface area contributed by atoms with Gasteiger partial charge in [0.25, 0.3) is 0 Å². The molecule has 0 N–H and O–H groups in total. The van der Waals surface area contributed by atoms with Crippen molar-refractivity contribution in [2.45, 2.75) is 0 Å². The molecule has 1 aromatic rings. The molecule has 0 aliphatic carbocycles. The largest absolute Gasteiger partial charge is 0.464 e. The molecule has 0 spiro atoms. The second-order valence-electron chi connectivity index (χ2n) is 1.98. The summed E-state index contributed by atoms with van der Waals surface area (Å²) in [5.41, 5.74) is 0.278. The van der Waals surface area contributed by atoms with Crippen LogP contribution in [0.15, 0.2) is 21.2 Å². The molecule has 0 saturated heterocycles. The van der Waals surface area contributed by atoms with Gasteiger partial charge in [-0.1, -0.05) is 0 Å². The Bertz CT molecular complexity index is 314. The molecule has 64 valence electrons. The third-order valence-corrected chi connectivity index (χ3v) is 2.22. The maximum Gasteiger partial charge on any atom is 0.357 e. The molecular formula is C7H5Br2NO2. The monoisotopic (exact) mass is 293 g/mol. The topological polar surface area (TPSA) is 39.2 Å². The molecule has 1 aromatic heterocycles. The predicted octanol–water partition coefficient (Wildman–Crippen LogP) is 2.39. The molecular weight excluding hydrogens is 290 g/mol. The lowest BCUT2D eigenvalue weighted by molar-refractivity contribution is 0.0593. The number of nitrogens with zero attached hydrogens (tertiary/aromatic N) is 1. The molecule has 0 aliphatic heterocycles. The van der Waals surface area contributed by atoms with Gasteiger partial charge in [0.15, 0.2) is 5.69 Å². The molecule has 0 unspecified atom stereocenters. The van der Waals surface area contributed by atoms with Crippen molar-refractivity contribution in [3.05, 3.63) is 26.9 Å². The van der Waals surface area contributed by atoms with Gasteiger partial charge in [-0.25, -0.2) is 9.78 Å². The zero-order valence-corrected chi connectivity index (χ0v) is 9.35. The fourth-order valence-electron chi connectivity index (χ4n) is 0.661. The molecule has 0 amide bonds. The average molecular weight is 295 g/mol. The van der Waals surface area contributed by atoms with E-state index in [0.29, 0.717) is 4.47 Å². The quantitative estimate of drug-likeness (QED) is 0.747. The summed E-state index contributed by atoms with van der Waals surface area (Å²) in [5.74, 6) is -0.450. The van der Waals surface area contributed by atoms with Crippen molar-refractivity contribution in [3.63, 3.8) is 0 Å². The Morgan fingerprint density at radius 2 is 2.25 bits per heavy atom. The van der Waals surface area contributed by atoms with Crippen molar-refractivity contribution >= 4 is 37.8 Å². The molecule has 0 atom stereocenters. The third kappa shape index (κ3) is 2.04. The Hall–Kier alpha value is -0.420. The van der Waals surface area contributed by atoms with Gasteiger partial charge in [-0.2, -0.15) is 0 Å². The summed E-state index contributed by atoms with van der Waals surface area (Å²) >= 11 is 6.42. The summed E-state index contributed by atoms with van der Waals surface area (Å²) in [6.45, 7) is 0. The second-order valence-corrected chi connectivity index (χ2v) is 3.75. The Labute approximate surface area is 86.4 Å². The van der Waals surface area contributed by atoms with E-state index in [1.807, 2.05) is 0 Å². The van der Waals surface area contributed by atoms with Gasteiger partial charge in [-0.15, -0.1) is 0 Å². The van der Waals surface area contributed by atoms with Crippen LogP contribution in [0.4, 0.5) is 0 Å². The lowest BCUT2D eigenvalue weighted by Gasteiger charge is -2.00. The van der Waals surface area contributed by atoms with Gasteiger partial charge in [0.1, 0.15) is 0 Å². The number of hydrogen-bond acceptors (Lipinski definition) is 3. The zero-order chi connectivity index (χ0) is 9.14. The van der Waals surface area contributed by atoms with Crippen LogP contribution >= 0.6 is 31.9 Å². The Kier molecular flexibility index (Phi) is 3.22. The molecule has 0 aliphatic rings. The van der Waals surface area contributed by atoms with Gasteiger partial charge >= 0.3 is 5.97 Å². The average Bonchev–Trinajstić information content (AvgIpc) is 2.03. The molecule has 1 heterocycles. The molecule has 3 nitrogen and oxygen atoms in total. The highest BCUT2D eigenvalue weighted by molar-refractivity contribution is 9.11. The van der Waals surface area contributed by atoms with E-state index in [4.69, 9.17) is 0 Å². The second kappa shape index (κ2) is 4.00. The predicted molar refractivity (Wildman–Crippen MR) is 51.0 cm³/mol. The molecule has 0 aromatic carbocycles. The van der Waals surface area contributed by atoms with Gasteiger partial charge < -0.3 is 4.74 Å². The lowest BCUT2D eigenvalue weighted by Crippen LogP contribution is -2.04. The number of carbonyl (C=O) groups is 1. The number of aromatic nitrogens is 1. The first-order chi connectivity index (χ1) is 5.65. The fourth-order valence-corrected chi connectivity index (χ4v) is 1.81. The van der Waals surface area contributed by atoms with Crippen LogP contribution in [-0.4, -0.2) is 18.1 Å². The van der Waals surface area contributed by atoms with Crippen LogP contribution in [-0.2, 0) is 4.74 Å². The smallest absolute Gasteiger partial charge is 0.357 e. The maximum absolute atomic E-state index is 11.0. The molecule has 0 saturated carbocycles. The van der Waals surface area contributed by atoms with Crippen molar-refractivity contribution in [1.29, 1.82) is 0 Å². The van der Waals surface area contributed by atoms with E-state index in [9.17, 15) is 4.79 Å². The number of esters is 1. The molecule has 0 fully saturated rings. The number of pyridine rings is 1. The minimum absolute atomic E-state index is 0.278. The highest BCUT2D eigenvalue weighted by atomic mass is 79.9. The first-order valence-corrected chi connectivity index (χ1v) is 4.63. The minimum Gasteiger partial charge on any atom is -0.464 e. The molecule has 0 radical (unpaired) electrons.